The van der Waals surface area contributed by atoms with Crippen molar-refractivity contribution in [1.82, 2.24) is 4.90 Å². The molecule has 1 aromatic carbocycles. The number of nitrogens with two attached hydrogens (primary N) is 1. The molecule has 0 aliphatic carbocycles. The largest absolute Gasteiger partial charge is 0.493 e. The zero-order valence-electron chi connectivity index (χ0n) is 15.4. The first-order valence-corrected chi connectivity index (χ1v) is 9.18. The first-order valence-electron chi connectivity index (χ1n) is 9.18. The fourth-order valence-corrected chi connectivity index (χ4v) is 3.36. The molecule has 0 radical (unpaired) electrons. The molecular weight excluding hydrogens is 284 g/mol. The summed E-state index contributed by atoms with van der Waals surface area (Å²) in [6.07, 6.45) is 4.62. The Hall–Kier alpha value is -1.06. The molecule has 130 valence electrons. The van der Waals surface area contributed by atoms with Crippen LogP contribution >= 0.6 is 0 Å². The maximum Gasteiger partial charge on any atom is 0.124 e. The molecule has 1 aromatic rings. The Morgan fingerprint density at radius 3 is 2.48 bits per heavy atom. The van der Waals surface area contributed by atoms with Gasteiger partial charge in [0.1, 0.15) is 5.75 Å². The van der Waals surface area contributed by atoms with Crippen LogP contribution in [0, 0.1) is 0 Å². The molecule has 3 nitrogen and oxygen atoms in total. The smallest absolute Gasteiger partial charge is 0.124 e. The fraction of sp³-hybridized carbons (Fsp3) is 0.700. The van der Waals surface area contributed by atoms with Crippen molar-refractivity contribution in [1.29, 1.82) is 0 Å². The number of hydrogen-bond acceptors (Lipinski definition) is 3. The molecule has 1 heterocycles. The molecule has 1 saturated heterocycles. The third kappa shape index (κ3) is 4.71. The standard InChI is InChI=1S/C20H34N2O/c1-5-14-23-19-9-8-16(20(2,3)4)15-17(19)18(10-11-21)22-12-6-7-13-22/h8-9,15,18H,5-7,10-14,21H2,1-4H3. The summed E-state index contributed by atoms with van der Waals surface area (Å²) in [5.41, 5.74) is 8.79. The van der Waals surface area contributed by atoms with E-state index in [4.69, 9.17) is 10.5 Å². The van der Waals surface area contributed by atoms with E-state index < -0.39 is 0 Å². The molecule has 0 bridgehead atoms. The lowest BCUT2D eigenvalue weighted by Crippen LogP contribution is -2.28. The van der Waals surface area contributed by atoms with Crippen molar-refractivity contribution in [2.24, 2.45) is 5.73 Å². The number of likely N-dealkylation sites (tertiary alicyclic amines) is 1. The molecule has 1 aliphatic rings. The minimum Gasteiger partial charge on any atom is -0.493 e. The van der Waals surface area contributed by atoms with Crippen LogP contribution in [0.1, 0.15) is 70.5 Å². The van der Waals surface area contributed by atoms with Gasteiger partial charge in [-0.3, -0.25) is 4.90 Å². The van der Waals surface area contributed by atoms with Crippen molar-refractivity contribution in [3.8, 4) is 5.75 Å². The van der Waals surface area contributed by atoms with Crippen molar-refractivity contribution < 1.29 is 4.74 Å². The lowest BCUT2D eigenvalue weighted by molar-refractivity contribution is 0.225. The Balaban J connectivity index is 2.39. The van der Waals surface area contributed by atoms with E-state index in [9.17, 15) is 0 Å². The summed E-state index contributed by atoms with van der Waals surface area (Å²) in [5, 5.41) is 0. The Labute approximate surface area is 142 Å². The highest BCUT2D eigenvalue weighted by Gasteiger charge is 2.27. The van der Waals surface area contributed by atoms with Gasteiger partial charge in [-0.25, -0.2) is 0 Å². The van der Waals surface area contributed by atoms with Gasteiger partial charge in [0.25, 0.3) is 0 Å². The highest BCUT2D eigenvalue weighted by Crippen LogP contribution is 2.37. The number of hydrogen-bond donors (Lipinski definition) is 1. The monoisotopic (exact) mass is 318 g/mol. The fourth-order valence-electron chi connectivity index (χ4n) is 3.36. The number of nitrogens with zero attached hydrogens (tertiary/aromatic N) is 1. The normalized spacial score (nSPS) is 17.4. The second-order valence-electron chi connectivity index (χ2n) is 7.69. The summed E-state index contributed by atoms with van der Waals surface area (Å²) < 4.78 is 6.07. The molecule has 3 heteroatoms. The van der Waals surface area contributed by atoms with Crippen molar-refractivity contribution in [3.63, 3.8) is 0 Å². The van der Waals surface area contributed by atoms with Crippen molar-refractivity contribution in [3.05, 3.63) is 29.3 Å². The van der Waals surface area contributed by atoms with Crippen molar-refractivity contribution in [2.75, 3.05) is 26.2 Å². The Morgan fingerprint density at radius 1 is 1.22 bits per heavy atom. The number of rotatable bonds is 7. The molecule has 0 saturated carbocycles. The van der Waals surface area contributed by atoms with Gasteiger partial charge in [0, 0.05) is 11.6 Å². The molecule has 2 rings (SSSR count). The van der Waals surface area contributed by atoms with Gasteiger partial charge in [-0.2, -0.15) is 0 Å². The summed E-state index contributed by atoms with van der Waals surface area (Å²) in [6, 6.07) is 7.14. The van der Waals surface area contributed by atoms with Gasteiger partial charge in [-0.05, 0) is 68.4 Å². The summed E-state index contributed by atoms with van der Waals surface area (Å²) in [6.45, 7) is 12.8. The average molecular weight is 319 g/mol. The summed E-state index contributed by atoms with van der Waals surface area (Å²) >= 11 is 0. The minimum absolute atomic E-state index is 0.149. The molecule has 1 unspecified atom stereocenters. The van der Waals surface area contributed by atoms with Gasteiger partial charge in [-0.15, -0.1) is 0 Å². The number of benzene rings is 1. The Kier molecular flexibility index (Phi) is 6.49. The zero-order valence-corrected chi connectivity index (χ0v) is 15.4. The van der Waals surface area contributed by atoms with Crippen LogP contribution in [-0.2, 0) is 5.41 Å². The first-order chi connectivity index (χ1) is 11.0. The van der Waals surface area contributed by atoms with Crippen LogP contribution in [-0.4, -0.2) is 31.1 Å². The summed E-state index contributed by atoms with van der Waals surface area (Å²) in [4.78, 5) is 2.59. The van der Waals surface area contributed by atoms with E-state index >= 15 is 0 Å². The molecular formula is C20H34N2O. The van der Waals surface area contributed by atoms with E-state index in [2.05, 4.69) is 50.8 Å². The van der Waals surface area contributed by atoms with Gasteiger partial charge >= 0.3 is 0 Å². The zero-order chi connectivity index (χ0) is 16.9. The summed E-state index contributed by atoms with van der Waals surface area (Å²) in [5.74, 6) is 1.05. The lowest BCUT2D eigenvalue weighted by atomic mass is 9.84. The molecule has 0 spiro atoms. The first kappa shape index (κ1) is 18.3. The SMILES string of the molecule is CCCOc1ccc(C(C)(C)C)cc1C(CCN)N1CCCC1. The van der Waals surface area contributed by atoms with Gasteiger partial charge in [0.05, 0.1) is 6.61 Å². The van der Waals surface area contributed by atoms with Gasteiger partial charge < -0.3 is 10.5 Å². The van der Waals surface area contributed by atoms with Crippen LogP contribution in [0.5, 0.6) is 5.75 Å². The van der Waals surface area contributed by atoms with Crippen molar-refractivity contribution in [2.45, 2.75) is 64.8 Å². The predicted molar refractivity (Wildman–Crippen MR) is 98.1 cm³/mol. The van der Waals surface area contributed by atoms with Crippen LogP contribution < -0.4 is 10.5 Å². The molecule has 0 amide bonds. The van der Waals surface area contributed by atoms with Crippen molar-refractivity contribution >= 4 is 0 Å². The van der Waals surface area contributed by atoms with E-state index in [-0.39, 0.29) is 5.41 Å². The maximum atomic E-state index is 6.07. The van der Waals surface area contributed by atoms with E-state index in [1.165, 1.54) is 37.1 Å². The maximum absolute atomic E-state index is 6.07. The van der Waals surface area contributed by atoms with Gasteiger partial charge in [-0.1, -0.05) is 33.8 Å². The Morgan fingerprint density at radius 2 is 1.91 bits per heavy atom. The molecule has 2 N–H and O–H groups in total. The second kappa shape index (κ2) is 8.16. The minimum atomic E-state index is 0.149. The van der Waals surface area contributed by atoms with Crippen LogP contribution in [0.25, 0.3) is 0 Å². The van der Waals surface area contributed by atoms with Crippen LogP contribution in [0.2, 0.25) is 0 Å². The highest BCUT2D eigenvalue weighted by molar-refractivity contribution is 5.42. The summed E-state index contributed by atoms with van der Waals surface area (Å²) in [7, 11) is 0. The van der Waals surface area contributed by atoms with E-state index in [1.54, 1.807) is 0 Å². The second-order valence-corrected chi connectivity index (χ2v) is 7.69. The molecule has 1 fully saturated rings. The Bertz CT molecular complexity index is 487. The third-order valence-corrected chi connectivity index (χ3v) is 4.72. The van der Waals surface area contributed by atoms with E-state index in [0.29, 0.717) is 12.6 Å². The van der Waals surface area contributed by atoms with E-state index in [1.807, 2.05) is 0 Å². The predicted octanol–water partition coefficient (Wildman–Crippen LogP) is 4.26. The molecule has 0 aromatic heterocycles. The van der Waals surface area contributed by atoms with Crippen LogP contribution in [0.3, 0.4) is 0 Å². The van der Waals surface area contributed by atoms with Gasteiger partial charge in [0.2, 0.25) is 0 Å². The van der Waals surface area contributed by atoms with E-state index in [0.717, 1.165) is 25.2 Å². The molecule has 1 atom stereocenters. The topological polar surface area (TPSA) is 38.5 Å². The van der Waals surface area contributed by atoms with Crippen LogP contribution in [0.4, 0.5) is 0 Å². The average Bonchev–Trinajstić information content (AvgIpc) is 3.03. The highest BCUT2D eigenvalue weighted by atomic mass is 16.5. The van der Waals surface area contributed by atoms with Crippen LogP contribution in [0.15, 0.2) is 18.2 Å². The third-order valence-electron chi connectivity index (χ3n) is 4.72. The molecule has 23 heavy (non-hydrogen) atoms. The quantitative estimate of drug-likeness (QED) is 0.816. The lowest BCUT2D eigenvalue weighted by Gasteiger charge is -2.31. The number of ether oxygens (including phenoxy) is 1. The van der Waals surface area contributed by atoms with Gasteiger partial charge in [0.15, 0.2) is 0 Å². The molecule has 1 aliphatic heterocycles.